The quantitative estimate of drug-likeness (QED) is 0.540. The van der Waals surface area contributed by atoms with E-state index in [2.05, 4.69) is 17.1 Å². The van der Waals surface area contributed by atoms with Crippen LogP contribution in [0.5, 0.6) is 0 Å². The molecular formula is C10H8N3OU-. The molecule has 1 aromatic heterocycles. The smallest absolute Gasteiger partial charge is 0.123 e. The molecule has 0 aliphatic rings. The van der Waals surface area contributed by atoms with E-state index in [4.69, 9.17) is 0 Å². The van der Waals surface area contributed by atoms with Gasteiger partial charge in [-0.25, -0.2) is 0 Å². The third kappa shape index (κ3) is 2.71. The largest absolute Gasteiger partial charge is 0.332 e. The number of benzene rings is 1. The molecule has 2 aromatic rings. The first kappa shape index (κ1) is 12.0. The minimum absolute atomic E-state index is 0. The Morgan fingerprint density at radius 1 is 1.13 bits per heavy atom. The van der Waals surface area contributed by atoms with E-state index in [9.17, 15) is 4.79 Å². The predicted octanol–water partition coefficient (Wildman–Crippen LogP) is 1.28. The van der Waals surface area contributed by atoms with Crippen LogP contribution >= 0.6 is 0 Å². The molecule has 0 spiro atoms. The van der Waals surface area contributed by atoms with Crippen molar-refractivity contribution in [2.24, 2.45) is 0 Å². The molecule has 0 saturated heterocycles. The summed E-state index contributed by atoms with van der Waals surface area (Å²) in [6.07, 6.45) is 3.20. The van der Waals surface area contributed by atoms with E-state index in [1.807, 2.05) is 12.1 Å². The van der Waals surface area contributed by atoms with Gasteiger partial charge in [0.05, 0.1) is 0 Å². The SMILES string of the molecule is [CH2-]C(=O)c1ccc(-n2cnnc2)cc1.[U]. The first-order valence-corrected chi connectivity index (χ1v) is 4.09. The number of carbonyl (C=O) groups is 1. The van der Waals surface area contributed by atoms with Gasteiger partial charge in [0, 0.05) is 42.6 Å². The molecule has 0 atom stereocenters. The Morgan fingerprint density at radius 2 is 1.67 bits per heavy atom. The van der Waals surface area contributed by atoms with Gasteiger partial charge in [0.15, 0.2) is 0 Å². The van der Waals surface area contributed by atoms with E-state index in [0.29, 0.717) is 5.56 Å². The number of hydrogen-bond acceptors (Lipinski definition) is 3. The fourth-order valence-corrected chi connectivity index (χ4v) is 1.15. The van der Waals surface area contributed by atoms with Gasteiger partial charge in [-0.05, 0) is 0 Å². The van der Waals surface area contributed by atoms with Gasteiger partial charge in [0.1, 0.15) is 12.7 Å². The molecule has 1 aromatic carbocycles. The first-order valence-electron chi connectivity index (χ1n) is 4.09. The Balaban J connectivity index is 0.00000112. The third-order valence-corrected chi connectivity index (χ3v) is 1.91. The van der Waals surface area contributed by atoms with E-state index in [1.54, 1.807) is 29.4 Å². The Labute approximate surface area is 111 Å². The van der Waals surface area contributed by atoms with Crippen LogP contribution < -0.4 is 0 Å². The van der Waals surface area contributed by atoms with E-state index in [1.165, 1.54) is 0 Å². The maximum atomic E-state index is 10.9. The fraction of sp³-hybridized carbons (Fsp3) is 0. The number of carbonyl (C=O) groups excluding carboxylic acids is 1. The molecule has 0 radical (unpaired) electrons. The van der Waals surface area contributed by atoms with Crippen molar-refractivity contribution in [1.82, 2.24) is 14.8 Å². The number of nitrogens with zero attached hydrogens (tertiary/aromatic N) is 3. The summed E-state index contributed by atoms with van der Waals surface area (Å²) in [4.78, 5) is 10.9. The molecule has 5 heteroatoms. The second-order valence-electron chi connectivity index (χ2n) is 2.84. The second-order valence-corrected chi connectivity index (χ2v) is 2.84. The number of hydrogen-bond donors (Lipinski definition) is 0. The van der Waals surface area contributed by atoms with Crippen molar-refractivity contribution in [2.45, 2.75) is 0 Å². The molecule has 0 fully saturated rings. The molecule has 0 unspecified atom stereocenters. The molecule has 0 aliphatic carbocycles. The molecule has 2 rings (SSSR count). The average molecular weight is 424 g/mol. The van der Waals surface area contributed by atoms with Crippen LogP contribution in [-0.2, 0) is 0 Å². The second kappa shape index (κ2) is 5.15. The summed E-state index contributed by atoms with van der Waals surface area (Å²) >= 11 is 0. The van der Waals surface area contributed by atoms with Gasteiger partial charge in [0.2, 0.25) is 0 Å². The van der Waals surface area contributed by atoms with Gasteiger partial charge >= 0.3 is 0 Å². The fourth-order valence-electron chi connectivity index (χ4n) is 1.15. The van der Waals surface area contributed by atoms with E-state index >= 15 is 0 Å². The summed E-state index contributed by atoms with van der Waals surface area (Å²) in [5.41, 5.74) is 1.52. The average Bonchev–Trinajstić information content (AvgIpc) is 2.71. The molecule has 0 bridgehead atoms. The number of aromatic nitrogens is 3. The van der Waals surface area contributed by atoms with Crippen LogP contribution in [0.4, 0.5) is 0 Å². The summed E-state index contributed by atoms with van der Waals surface area (Å²) in [6.45, 7) is 3.33. The van der Waals surface area contributed by atoms with Crippen LogP contribution in [0.25, 0.3) is 5.69 Å². The van der Waals surface area contributed by atoms with Gasteiger partial charge in [0.25, 0.3) is 0 Å². The summed E-state index contributed by atoms with van der Waals surface area (Å²) in [6, 6.07) is 7.10. The maximum Gasteiger partial charge on any atom is 0.123 e. The first-order chi connectivity index (χ1) is 6.77. The van der Waals surface area contributed by atoms with Gasteiger partial charge < -0.3 is 4.79 Å². The van der Waals surface area contributed by atoms with Crippen molar-refractivity contribution >= 4 is 5.78 Å². The molecule has 1 heterocycles. The van der Waals surface area contributed by atoms with Gasteiger partial charge in [-0.3, -0.25) is 4.57 Å². The Kier molecular flexibility index (Phi) is 4.13. The van der Waals surface area contributed by atoms with Crippen LogP contribution in [0.3, 0.4) is 0 Å². The molecule has 0 saturated carbocycles. The minimum atomic E-state index is -0.180. The zero-order valence-electron chi connectivity index (χ0n) is 7.92. The van der Waals surface area contributed by atoms with Crippen LogP contribution in [0.2, 0.25) is 0 Å². The Bertz CT molecular complexity index is 436. The van der Waals surface area contributed by atoms with Gasteiger partial charge in [-0.2, -0.15) is 6.92 Å². The third-order valence-electron chi connectivity index (χ3n) is 1.91. The molecule has 15 heavy (non-hydrogen) atoms. The van der Waals surface area contributed by atoms with Crippen molar-refractivity contribution < 1.29 is 35.9 Å². The summed E-state index contributed by atoms with van der Waals surface area (Å²) in [5, 5.41) is 7.38. The maximum absolute atomic E-state index is 10.9. The minimum Gasteiger partial charge on any atom is -0.332 e. The molecule has 0 amide bonds. The van der Waals surface area contributed by atoms with Gasteiger partial charge in [-0.1, -0.05) is 12.1 Å². The van der Waals surface area contributed by atoms with Gasteiger partial charge in [-0.15, -0.1) is 27.9 Å². The summed E-state index contributed by atoms with van der Waals surface area (Å²) in [7, 11) is 0. The normalized spacial score (nSPS) is 9.33. The Morgan fingerprint density at radius 3 is 2.13 bits per heavy atom. The van der Waals surface area contributed by atoms with Crippen LogP contribution in [0.15, 0.2) is 36.9 Å². The van der Waals surface area contributed by atoms with Crippen molar-refractivity contribution in [3.05, 3.63) is 49.4 Å². The van der Waals surface area contributed by atoms with Crippen molar-refractivity contribution in [1.29, 1.82) is 0 Å². The number of rotatable bonds is 2. The Hall–Kier alpha value is -1.05. The van der Waals surface area contributed by atoms with Crippen molar-refractivity contribution in [3.63, 3.8) is 0 Å². The molecule has 4 nitrogen and oxygen atoms in total. The number of ketones is 1. The summed E-state index contributed by atoms with van der Waals surface area (Å²) in [5.74, 6) is -0.180. The standard InChI is InChI=1S/C10H8N3O.U/c1-8(14)9-2-4-10(5-3-9)13-6-11-12-7-13;/h2-7H,1H2;/q-1;. The van der Waals surface area contributed by atoms with E-state index in [-0.39, 0.29) is 36.9 Å². The topological polar surface area (TPSA) is 47.8 Å². The zero-order valence-corrected chi connectivity index (χ0v) is 12.1. The monoisotopic (exact) mass is 424 g/mol. The van der Waals surface area contributed by atoms with Crippen molar-refractivity contribution in [2.75, 3.05) is 0 Å². The van der Waals surface area contributed by atoms with Crippen LogP contribution in [-0.4, -0.2) is 20.5 Å². The summed E-state index contributed by atoms with van der Waals surface area (Å²) < 4.78 is 1.76. The van der Waals surface area contributed by atoms with Crippen molar-refractivity contribution in [3.8, 4) is 5.69 Å². The molecule has 74 valence electrons. The molecular weight excluding hydrogens is 416 g/mol. The zero-order chi connectivity index (χ0) is 9.97. The predicted molar refractivity (Wildman–Crippen MR) is 51.0 cm³/mol. The van der Waals surface area contributed by atoms with Crippen LogP contribution in [0, 0.1) is 38.0 Å². The number of Topliss-reactive ketones (excluding diaryl/α,β-unsaturated/α-hetero) is 1. The van der Waals surface area contributed by atoms with E-state index < -0.39 is 0 Å². The van der Waals surface area contributed by atoms with Crippen LogP contribution in [0.1, 0.15) is 10.4 Å². The van der Waals surface area contributed by atoms with E-state index in [0.717, 1.165) is 5.69 Å². The molecule has 0 N–H and O–H groups in total. The molecule has 0 aliphatic heterocycles.